The number of carbonyl (C=O) groups excluding carboxylic acids is 2. The van der Waals surface area contributed by atoms with E-state index in [1.165, 1.54) is 12.4 Å². The summed E-state index contributed by atoms with van der Waals surface area (Å²) in [5.74, 6) is 0.175. The minimum Gasteiger partial charge on any atom is -0.360 e. The van der Waals surface area contributed by atoms with Crippen molar-refractivity contribution in [3.05, 3.63) is 77.8 Å². The van der Waals surface area contributed by atoms with Crippen LogP contribution in [0.25, 0.3) is 0 Å². The molecule has 1 atom stereocenters. The number of amides is 2. The topological polar surface area (TPSA) is 97.1 Å². The minimum atomic E-state index is -0.768. The summed E-state index contributed by atoms with van der Waals surface area (Å²) in [6.07, 6.45) is 3.40. The number of aryl methyl sites for hydroxylation is 1. The Balaban J connectivity index is 1.76. The zero-order chi connectivity index (χ0) is 18.4. The number of hydrogen-bond acceptors (Lipinski definition) is 5. The Hall–Kier alpha value is -3.48. The first-order valence-electron chi connectivity index (χ1n) is 8.11. The molecule has 0 spiro atoms. The van der Waals surface area contributed by atoms with Crippen molar-refractivity contribution in [1.82, 2.24) is 15.5 Å². The Morgan fingerprint density at radius 2 is 1.85 bits per heavy atom. The lowest BCUT2D eigenvalue weighted by atomic mass is 10.0. The number of nitrogens with zero attached hydrogens (tertiary/aromatic N) is 2. The molecule has 132 valence electrons. The van der Waals surface area contributed by atoms with Crippen molar-refractivity contribution in [2.45, 2.75) is 19.4 Å². The predicted molar refractivity (Wildman–Crippen MR) is 95.5 cm³/mol. The van der Waals surface area contributed by atoms with Crippen LogP contribution in [-0.4, -0.2) is 28.0 Å². The molecule has 0 aliphatic rings. The quantitative estimate of drug-likeness (QED) is 0.711. The molecule has 2 N–H and O–H groups in total. The largest absolute Gasteiger partial charge is 0.360 e. The zero-order valence-electron chi connectivity index (χ0n) is 14.2. The molecule has 0 radical (unpaired) electrons. The first kappa shape index (κ1) is 17.3. The van der Waals surface area contributed by atoms with E-state index in [1.54, 1.807) is 25.1 Å². The molecular formula is C19H18N4O3. The lowest BCUT2D eigenvalue weighted by Gasteiger charge is -2.18. The van der Waals surface area contributed by atoms with E-state index in [9.17, 15) is 9.59 Å². The number of nitrogens with one attached hydrogen (secondary N) is 2. The molecule has 7 heteroatoms. The second kappa shape index (κ2) is 8.06. The van der Waals surface area contributed by atoms with Gasteiger partial charge in [0.05, 0.1) is 0 Å². The highest BCUT2D eigenvalue weighted by Crippen LogP contribution is 2.10. The molecular weight excluding hydrogens is 332 g/mol. The van der Waals surface area contributed by atoms with Gasteiger partial charge in [-0.2, -0.15) is 0 Å². The summed E-state index contributed by atoms with van der Waals surface area (Å²) in [4.78, 5) is 29.0. The number of hydrogen-bond donors (Lipinski definition) is 2. The normalized spacial score (nSPS) is 11.6. The van der Waals surface area contributed by atoms with Gasteiger partial charge >= 0.3 is 0 Å². The minimum absolute atomic E-state index is 0.309. The van der Waals surface area contributed by atoms with Gasteiger partial charge in [-0.1, -0.05) is 35.5 Å². The first-order valence-corrected chi connectivity index (χ1v) is 8.11. The van der Waals surface area contributed by atoms with Crippen LogP contribution < -0.4 is 10.6 Å². The molecule has 0 fully saturated rings. The smallest absolute Gasteiger partial charge is 0.252 e. The van der Waals surface area contributed by atoms with E-state index in [1.807, 2.05) is 30.3 Å². The van der Waals surface area contributed by atoms with Crippen molar-refractivity contribution in [2.75, 3.05) is 5.32 Å². The molecule has 0 saturated heterocycles. The molecule has 3 rings (SSSR count). The molecule has 2 aromatic heterocycles. The van der Waals surface area contributed by atoms with Crippen molar-refractivity contribution < 1.29 is 14.1 Å². The number of carbonyl (C=O) groups is 2. The van der Waals surface area contributed by atoms with Crippen LogP contribution >= 0.6 is 0 Å². The van der Waals surface area contributed by atoms with Gasteiger partial charge in [-0.25, -0.2) is 0 Å². The van der Waals surface area contributed by atoms with E-state index in [0.717, 1.165) is 5.56 Å². The second-order valence-electron chi connectivity index (χ2n) is 5.76. The van der Waals surface area contributed by atoms with Crippen LogP contribution in [0.15, 0.2) is 65.4 Å². The Labute approximate surface area is 150 Å². The van der Waals surface area contributed by atoms with Gasteiger partial charge in [0.15, 0.2) is 5.82 Å². The highest BCUT2D eigenvalue weighted by molar-refractivity contribution is 6.00. The molecule has 1 unspecified atom stereocenters. The van der Waals surface area contributed by atoms with Crippen LogP contribution in [0.3, 0.4) is 0 Å². The number of aromatic nitrogens is 2. The Kier molecular flexibility index (Phi) is 5.38. The molecule has 0 aliphatic carbocycles. The number of rotatable bonds is 6. The fraction of sp³-hybridized carbons (Fsp3) is 0.158. The van der Waals surface area contributed by atoms with Crippen molar-refractivity contribution in [2.24, 2.45) is 0 Å². The van der Waals surface area contributed by atoms with E-state index >= 15 is 0 Å². The van der Waals surface area contributed by atoms with Crippen molar-refractivity contribution >= 4 is 17.6 Å². The molecule has 26 heavy (non-hydrogen) atoms. The summed E-state index contributed by atoms with van der Waals surface area (Å²) in [6, 6.07) is 13.5. The maximum Gasteiger partial charge on any atom is 0.252 e. The summed E-state index contributed by atoms with van der Waals surface area (Å²) < 4.78 is 4.95. The van der Waals surface area contributed by atoms with Crippen LogP contribution in [0.1, 0.15) is 21.7 Å². The average Bonchev–Trinajstić information content (AvgIpc) is 3.07. The second-order valence-corrected chi connectivity index (χ2v) is 5.76. The van der Waals surface area contributed by atoms with Crippen LogP contribution in [-0.2, 0) is 11.2 Å². The maximum absolute atomic E-state index is 12.7. The van der Waals surface area contributed by atoms with Gasteiger partial charge in [-0.05, 0) is 24.6 Å². The lowest BCUT2D eigenvalue weighted by Crippen LogP contribution is -2.45. The SMILES string of the molecule is Cc1cc(NC(=O)C(Cc2ccccc2)NC(=O)c2ccncc2)no1. The summed E-state index contributed by atoms with van der Waals surface area (Å²) >= 11 is 0. The van der Waals surface area contributed by atoms with Gasteiger partial charge in [0.2, 0.25) is 5.91 Å². The van der Waals surface area contributed by atoms with Crippen molar-refractivity contribution in [1.29, 1.82) is 0 Å². The highest BCUT2D eigenvalue weighted by atomic mass is 16.5. The number of pyridine rings is 1. The summed E-state index contributed by atoms with van der Waals surface area (Å²) in [5.41, 5.74) is 1.36. The molecule has 3 aromatic rings. The molecule has 2 heterocycles. The first-order chi connectivity index (χ1) is 12.6. The standard InChI is InChI=1S/C19H18N4O3/c1-13-11-17(23-26-13)22-19(25)16(12-14-5-3-2-4-6-14)21-18(24)15-7-9-20-10-8-15/h2-11,16H,12H2,1H3,(H,21,24)(H,22,23,25). The summed E-state index contributed by atoms with van der Waals surface area (Å²) in [5, 5.41) is 9.20. The lowest BCUT2D eigenvalue weighted by molar-refractivity contribution is -0.118. The number of benzene rings is 1. The highest BCUT2D eigenvalue weighted by Gasteiger charge is 2.23. The zero-order valence-corrected chi connectivity index (χ0v) is 14.2. The van der Waals surface area contributed by atoms with Gasteiger partial charge in [0, 0.05) is 30.4 Å². The maximum atomic E-state index is 12.7. The van der Waals surface area contributed by atoms with Crippen molar-refractivity contribution in [3.8, 4) is 0 Å². The molecule has 1 aromatic carbocycles. The molecule has 7 nitrogen and oxygen atoms in total. The third-order valence-corrected chi connectivity index (χ3v) is 3.73. The third kappa shape index (κ3) is 4.54. The summed E-state index contributed by atoms with van der Waals surface area (Å²) in [6.45, 7) is 1.73. The van der Waals surface area contributed by atoms with Gasteiger partial charge < -0.3 is 15.2 Å². The van der Waals surface area contributed by atoms with Gasteiger partial charge in [-0.15, -0.1) is 0 Å². The number of anilines is 1. The Morgan fingerprint density at radius 3 is 2.50 bits per heavy atom. The van der Waals surface area contributed by atoms with E-state index < -0.39 is 6.04 Å². The van der Waals surface area contributed by atoms with Gasteiger partial charge in [0.25, 0.3) is 5.91 Å². The summed E-state index contributed by atoms with van der Waals surface area (Å²) in [7, 11) is 0. The predicted octanol–water partition coefficient (Wildman–Crippen LogP) is 2.36. The Morgan fingerprint density at radius 1 is 1.12 bits per heavy atom. The molecule has 0 saturated carbocycles. The average molecular weight is 350 g/mol. The van der Waals surface area contributed by atoms with E-state index in [2.05, 4.69) is 20.8 Å². The fourth-order valence-corrected chi connectivity index (χ4v) is 2.44. The van der Waals surface area contributed by atoms with Gasteiger partial charge in [-0.3, -0.25) is 14.6 Å². The third-order valence-electron chi connectivity index (χ3n) is 3.73. The van der Waals surface area contributed by atoms with Crippen LogP contribution in [0.2, 0.25) is 0 Å². The molecule has 2 amide bonds. The van der Waals surface area contributed by atoms with Crippen LogP contribution in [0.4, 0.5) is 5.82 Å². The van der Waals surface area contributed by atoms with Crippen LogP contribution in [0, 0.1) is 6.92 Å². The van der Waals surface area contributed by atoms with Crippen LogP contribution in [0.5, 0.6) is 0 Å². The van der Waals surface area contributed by atoms with E-state index in [0.29, 0.717) is 23.6 Å². The molecule has 0 bridgehead atoms. The van der Waals surface area contributed by atoms with E-state index in [4.69, 9.17) is 4.52 Å². The van der Waals surface area contributed by atoms with Gasteiger partial charge in [0.1, 0.15) is 11.8 Å². The fourth-order valence-electron chi connectivity index (χ4n) is 2.44. The van der Waals surface area contributed by atoms with E-state index in [-0.39, 0.29) is 11.8 Å². The van der Waals surface area contributed by atoms with Crippen molar-refractivity contribution in [3.63, 3.8) is 0 Å². The monoisotopic (exact) mass is 350 g/mol. The Bertz CT molecular complexity index is 878. The molecule has 0 aliphatic heterocycles.